The Bertz CT molecular complexity index is 964. The number of halogens is 2. The van der Waals surface area contributed by atoms with Crippen LogP contribution in [0.25, 0.3) is 0 Å². The number of carbonyl (C=O) groups is 1. The van der Waals surface area contributed by atoms with Crippen molar-refractivity contribution in [1.29, 1.82) is 0 Å². The molecule has 3 rings (SSSR count). The van der Waals surface area contributed by atoms with Crippen molar-refractivity contribution >= 4 is 39.0 Å². The average Bonchev–Trinajstić information content (AvgIpc) is 3.43. The lowest BCUT2D eigenvalue weighted by molar-refractivity contribution is 0.102. The summed E-state index contributed by atoms with van der Waals surface area (Å²) in [6, 6.07) is 5.01. The molecular weight excluding hydrogens is 385 g/mol. The summed E-state index contributed by atoms with van der Waals surface area (Å²) in [5.41, 5.74) is 0.344. The highest BCUT2D eigenvalue weighted by molar-refractivity contribution is 7.93. The lowest BCUT2D eigenvalue weighted by Crippen LogP contribution is -2.19. The summed E-state index contributed by atoms with van der Waals surface area (Å²) in [6.07, 6.45) is 2.45. The van der Waals surface area contributed by atoms with Crippen molar-refractivity contribution in [3.63, 3.8) is 0 Å². The Kier molecular flexibility index (Phi) is 5.01. The Morgan fingerprint density at radius 1 is 1.35 bits per heavy atom. The number of nitrogens with zero attached hydrogens (tertiary/aromatic N) is 1. The summed E-state index contributed by atoms with van der Waals surface area (Å²) in [5, 5.41) is 1.99. The lowest BCUT2D eigenvalue weighted by Gasteiger charge is -2.12. The summed E-state index contributed by atoms with van der Waals surface area (Å²) >= 11 is 5.70. The van der Waals surface area contributed by atoms with Crippen LogP contribution in [0, 0.1) is 5.82 Å². The third kappa shape index (κ3) is 4.05. The molecule has 0 bridgehead atoms. The number of ether oxygens (including phenoxy) is 1. The zero-order valence-electron chi connectivity index (χ0n) is 13.6. The largest absolute Gasteiger partial charge is 0.494 e. The first-order chi connectivity index (χ1) is 12.3. The molecule has 1 aliphatic rings. The Morgan fingerprint density at radius 2 is 2.08 bits per heavy atom. The number of pyridine rings is 1. The van der Waals surface area contributed by atoms with Gasteiger partial charge in [0.1, 0.15) is 17.4 Å². The first-order valence-electron chi connectivity index (χ1n) is 7.62. The first kappa shape index (κ1) is 18.4. The van der Waals surface area contributed by atoms with Crippen molar-refractivity contribution in [3.8, 4) is 5.75 Å². The van der Waals surface area contributed by atoms with E-state index in [9.17, 15) is 17.6 Å². The van der Waals surface area contributed by atoms with E-state index in [1.165, 1.54) is 31.5 Å². The van der Waals surface area contributed by atoms with Crippen LogP contribution < -0.4 is 14.8 Å². The van der Waals surface area contributed by atoms with Gasteiger partial charge in [0.2, 0.25) is 10.0 Å². The molecule has 0 spiro atoms. The molecule has 0 atom stereocenters. The number of hydrogen-bond acceptors (Lipinski definition) is 5. The van der Waals surface area contributed by atoms with Gasteiger partial charge in [0.25, 0.3) is 5.91 Å². The molecule has 2 N–H and O–H groups in total. The van der Waals surface area contributed by atoms with Crippen LogP contribution in [0.4, 0.5) is 15.9 Å². The van der Waals surface area contributed by atoms with Gasteiger partial charge < -0.3 is 10.1 Å². The molecule has 0 radical (unpaired) electrons. The van der Waals surface area contributed by atoms with Gasteiger partial charge in [-0.15, -0.1) is 0 Å². The van der Waals surface area contributed by atoms with Gasteiger partial charge in [-0.2, -0.15) is 0 Å². The number of sulfonamides is 1. The molecule has 1 fully saturated rings. The van der Waals surface area contributed by atoms with Gasteiger partial charge >= 0.3 is 0 Å². The molecule has 1 aromatic carbocycles. The topological polar surface area (TPSA) is 97.4 Å². The van der Waals surface area contributed by atoms with Crippen LogP contribution in [0.15, 0.2) is 30.5 Å². The fourth-order valence-corrected chi connectivity index (χ4v) is 3.73. The molecule has 26 heavy (non-hydrogen) atoms. The number of amides is 1. The predicted molar refractivity (Wildman–Crippen MR) is 95.7 cm³/mol. The van der Waals surface area contributed by atoms with Crippen molar-refractivity contribution < 1.29 is 22.3 Å². The minimum absolute atomic E-state index is 0.0139. The SMILES string of the molecule is COc1cnc(NS(=O)(=O)C2CC2)cc1C(=O)Nc1ccc(F)c(Cl)c1. The molecule has 1 amide bonds. The summed E-state index contributed by atoms with van der Waals surface area (Å²) in [4.78, 5) is 16.5. The van der Waals surface area contributed by atoms with E-state index in [1.807, 2.05) is 0 Å². The van der Waals surface area contributed by atoms with E-state index in [-0.39, 0.29) is 27.8 Å². The Hall–Kier alpha value is -2.39. The predicted octanol–water partition coefficient (Wildman–Crippen LogP) is 3.04. The number of nitrogens with one attached hydrogen (secondary N) is 2. The van der Waals surface area contributed by atoms with Gasteiger partial charge in [0.15, 0.2) is 0 Å². The second-order valence-electron chi connectivity index (χ2n) is 5.70. The van der Waals surface area contributed by atoms with Gasteiger partial charge in [-0.3, -0.25) is 9.52 Å². The molecule has 7 nitrogen and oxygen atoms in total. The van der Waals surface area contributed by atoms with Crippen molar-refractivity contribution in [3.05, 3.63) is 46.9 Å². The van der Waals surface area contributed by atoms with E-state index in [4.69, 9.17) is 16.3 Å². The Balaban J connectivity index is 1.85. The zero-order valence-corrected chi connectivity index (χ0v) is 15.2. The number of aromatic nitrogens is 1. The third-order valence-electron chi connectivity index (χ3n) is 3.72. The molecule has 1 heterocycles. The van der Waals surface area contributed by atoms with Gasteiger partial charge in [0.05, 0.1) is 29.1 Å². The van der Waals surface area contributed by atoms with Crippen LogP contribution in [0.1, 0.15) is 23.2 Å². The molecule has 1 saturated carbocycles. The highest BCUT2D eigenvalue weighted by Gasteiger charge is 2.36. The molecule has 138 valence electrons. The molecule has 1 aliphatic carbocycles. The van der Waals surface area contributed by atoms with Crippen LogP contribution in [0.2, 0.25) is 5.02 Å². The maximum atomic E-state index is 13.2. The Morgan fingerprint density at radius 3 is 2.69 bits per heavy atom. The summed E-state index contributed by atoms with van der Waals surface area (Å²) in [5.74, 6) is -1.02. The van der Waals surface area contributed by atoms with E-state index in [1.54, 1.807) is 0 Å². The van der Waals surface area contributed by atoms with Crippen LogP contribution in [0.5, 0.6) is 5.75 Å². The van der Waals surface area contributed by atoms with Gasteiger partial charge in [-0.05, 0) is 37.1 Å². The number of rotatable bonds is 6. The lowest BCUT2D eigenvalue weighted by atomic mass is 10.2. The molecular formula is C16H15ClFN3O4S. The number of benzene rings is 1. The fourth-order valence-electron chi connectivity index (χ4n) is 2.22. The maximum absolute atomic E-state index is 13.2. The van der Waals surface area contributed by atoms with E-state index in [2.05, 4.69) is 15.0 Å². The van der Waals surface area contributed by atoms with E-state index < -0.39 is 27.0 Å². The Labute approximate surface area is 154 Å². The van der Waals surface area contributed by atoms with Crippen LogP contribution >= 0.6 is 11.6 Å². The van der Waals surface area contributed by atoms with Crippen molar-refractivity contribution in [1.82, 2.24) is 4.98 Å². The second kappa shape index (κ2) is 7.08. The minimum Gasteiger partial charge on any atom is -0.494 e. The first-order valence-corrected chi connectivity index (χ1v) is 9.54. The van der Waals surface area contributed by atoms with Crippen LogP contribution in [-0.2, 0) is 10.0 Å². The van der Waals surface area contributed by atoms with Crippen molar-refractivity contribution in [2.75, 3.05) is 17.1 Å². The van der Waals surface area contributed by atoms with Crippen LogP contribution in [0.3, 0.4) is 0 Å². The van der Waals surface area contributed by atoms with Gasteiger partial charge in [0, 0.05) is 5.69 Å². The second-order valence-corrected chi connectivity index (χ2v) is 8.07. The number of anilines is 2. The highest BCUT2D eigenvalue weighted by atomic mass is 35.5. The maximum Gasteiger partial charge on any atom is 0.259 e. The summed E-state index contributed by atoms with van der Waals surface area (Å²) in [7, 11) is -2.16. The number of hydrogen-bond donors (Lipinski definition) is 2. The standard InChI is InChI=1S/C16H15ClFN3O4S/c1-25-14-8-19-15(21-26(23,24)10-3-4-10)7-11(14)16(22)20-9-2-5-13(18)12(17)6-9/h2,5-8,10H,3-4H2,1H3,(H,19,21)(H,20,22). The number of carbonyl (C=O) groups excluding carboxylic acids is 1. The third-order valence-corrected chi connectivity index (χ3v) is 5.85. The quantitative estimate of drug-likeness (QED) is 0.778. The molecule has 0 unspecified atom stereocenters. The zero-order chi connectivity index (χ0) is 18.9. The smallest absolute Gasteiger partial charge is 0.259 e. The average molecular weight is 400 g/mol. The number of methoxy groups -OCH3 is 1. The molecule has 1 aromatic heterocycles. The van der Waals surface area contributed by atoms with Crippen LogP contribution in [-0.4, -0.2) is 31.7 Å². The summed E-state index contributed by atoms with van der Waals surface area (Å²) in [6.45, 7) is 0. The highest BCUT2D eigenvalue weighted by Crippen LogP contribution is 2.30. The summed E-state index contributed by atoms with van der Waals surface area (Å²) < 4.78 is 44.7. The normalized spacial score (nSPS) is 14.0. The van der Waals surface area contributed by atoms with E-state index in [0.717, 1.165) is 6.07 Å². The van der Waals surface area contributed by atoms with Crippen molar-refractivity contribution in [2.24, 2.45) is 0 Å². The van der Waals surface area contributed by atoms with E-state index in [0.29, 0.717) is 12.8 Å². The van der Waals surface area contributed by atoms with Gasteiger partial charge in [-0.25, -0.2) is 17.8 Å². The molecule has 0 aliphatic heterocycles. The van der Waals surface area contributed by atoms with Gasteiger partial charge in [-0.1, -0.05) is 11.6 Å². The molecule has 2 aromatic rings. The fraction of sp³-hybridized carbons (Fsp3) is 0.250. The molecule has 10 heteroatoms. The monoisotopic (exact) mass is 399 g/mol. The molecule has 0 saturated heterocycles. The van der Waals surface area contributed by atoms with Crippen molar-refractivity contribution in [2.45, 2.75) is 18.1 Å². The minimum atomic E-state index is -3.52. The van der Waals surface area contributed by atoms with E-state index >= 15 is 0 Å².